The van der Waals surface area contributed by atoms with Crippen LogP contribution in [0.5, 0.6) is 0 Å². The molecule has 1 heterocycles. The van der Waals surface area contributed by atoms with E-state index >= 15 is 0 Å². The Morgan fingerprint density at radius 1 is 1.12 bits per heavy atom. The molecule has 3 rings (SSSR count). The van der Waals surface area contributed by atoms with E-state index in [0.29, 0.717) is 6.42 Å². The Balaban J connectivity index is 1.58. The Labute approximate surface area is 151 Å². The Hall–Kier alpha value is -1.55. The minimum absolute atomic E-state index is 0.163. The number of rotatable bonds is 5. The molecule has 1 aliphatic heterocycles. The number of ether oxygens (including phenoxy) is 1. The predicted octanol–water partition coefficient (Wildman–Crippen LogP) is 4.44. The summed E-state index contributed by atoms with van der Waals surface area (Å²) in [6.45, 7) is 7.63. The quantitative estimate of drug-likeness (QED) is 0.858. The van der Waals surface area contributed by atoms with E-state index in [-0.39, 0.29) is 5.91 Å². The van der Waals surface area contributed by atoms with Crippen molar-refractivity contribution in [3.8, 4) is 0 Å². The van der Waals surface area contributed by atoms with Gasteiger partial charge in [0.2, 0.25) is 5.91 Å². The van der Waals surface area contributed by atoms with Gasteiger partial charge in [0.05, 0.1) is 13.2 Å². The van der Waals surface area contributed by atoms with Gasteiger partial charge in [0.25, 0.3) is 0 Å². The summed E-state index contributed by atoms with van der Waals surface area (Å²) >= 11 is 0. The Kier molecular flexibility index (Phi) is 6.35. The number of hydrogen-bond acceptors (Lipinski definition) is 3. The van der Waals surface area contributed by atoms with Crippen LogP contribution in [0.3, 0.4) is 0 Å². The van der Waals surface area contributed by atoms with Gasteiger partial charge in [-0.1, -0.05) is 32.1 Å². The minimum Gasteiger partial charge on any atom is -0.378 e. The molecule has 1 aromatic carbocycles. The summed E-state index contributed by atoms with van der Waals surface area (Å²) in [7, 11) is 0. The van der Waals surface area contributed by atoms with Crippen LogP contribution in [-0.2, 0) is 9.53 Å². The van der Waals surface area contributed by atoms with Crippen LogP contribution in [0.1, 0.15) is 56.1 Å². The zero-order valence-electron chi connectivity index (χ0n) is 15.8. The van der Waals surface area contributed by atoms with Crippen LogP contribution < -0.4 is 10.2 Å². The molecular formula is C21H32N2O2. The van der Waals surface area contributed by atoms with Gasteiger partial charge in [-0.25, -0.2) is 0 Å². The molecule has 1 aliphatic carbocycles. The molecule has 0 atom stereocenters. The Morgan fingerprint density at radius 3 is 2.40 bits per heavy atom. The van der Waals surface area contributed by atoms with Crippen LogP contribution in [-0.4, -0.2) is 32.2 Å². The number of nitrogens with one attached hydrogen (secondary N) is 1. The molecule has 1 amide bonds. The maximum absolute atomic E-state index is 12.4. The highest BCUT2D eigenvalue weighted by molar-refractivity contribution is 5.92. The van der Waals surface area contributed by atoms with Gasteiger partial charge < -0.3 is 15.0 Å². The third-order valence-corrected chi connectivity index (χ3v) is 5.66. The lowest BCUT2D eigenvalue weighted by atomic mass is 9.86. The van der Waals surface area contributed by atoms with Gasteiger partial charge in [0, 0.05) is 30.9 Å². The maximum Gasteiger partial charge on any atom is 0.224 e. The first-order valence-corrected chi connectivity index (χ1v) is 9.87. The minimum atomic E-state index is 0.163. The second-order valence-corrected chi connectivity index (χ2v) is 7.64. The smallest absolute Gasteiger partial charge is 0.224 e. The van der Waals surface area contributed by atoms with Crippen molar-refractivity contribution in [2.24, 2.45) is 5.92 Å². The van der Waals surface area contributed by atoms with Crippen LogP contribution in [0.25, 0.3) is 0 Å². The first-order valence-electron chi connectivity index (χ1n) is 9.87. The van der Waals surface area contributed by atoms with Crippen molar-refractivity contribution in [2.45, 2.75) is 58.8 Å². The molecule has 1 saturated heterocycles. The first kappa shape index (κ1) is 18.2. The van der Waals surface area contributed by atoms with Crippen LogP contribution in [0.15, 0.2) is 12.1 Å². The van der Waals surface area contributed by atoms with Crippen LogP contribution in [0.2, 0.25) is 0 Å². The van der Waals surface area contributed by atoms with Crippen molar-refractivity contribution in [3.63, 3.8) is 0 Å². The maximum atomic E-state index is 12.4. The van der Waals surface area contributed by atoms with Gasteiger partial charge in [-0.05, 0) is 49.4 Å². The number of carbonyl (C=O) groups excluding carboxylic acids is 1. The van der Waals surface area contributed by atoms with Crippen molar-refractivity contribution in [1.29, 1.82) is 0 Å². The molecule has 25 heavy (non-hydrogen) atoms. The number of aryl methyl sites for hydroxylation is 2. The SMILES string of the molecule is Cc1cc(N2CCOCC2)cc(C)c1NC(=O)CCC1CCCCC1. The van der Waals surface area contributed by atoms with Gasteiger partial charge in [0.15, 0.2) is 0 Å². The van der Waals surface area contributed by atoms with Crippen molar-refractivity contribution in [1.82, 2.24) is 0 Å². The lowest BCUT2D eigenvalue weighted by molar-refractivity contribution is -0.116. The fourth-order valence-corrected chi connectivity index (χ4v) is 4.15. The molecule has 1 saturated carbocycles. The molecule has 4 heteroatoms. The fourth-order valence-electron chi connectivity index (χ4n) is 4.15. The summed E-state index contributed by atoms with van der Waals surface area (Å²) in [6.07, 6.45) is 8.35. The zero-order valence-corrected chi connectivity index (χ0v) is 15.8. The molecule has 0 bridgehead atoms. The third kappa shape index (κ3) is 4.97. The monoisotopic (exact) mass is 344 g/mol. The predicted molar refractivity (Wildman–Crippen MR) is 103 cm³/mol. The van der Waals surface area contributed by atoms with E-state index in [1.54, 1.807) is 0 Å². The number of benzene rings is 1. The summed E-state index contributed by atoms with van der Waals surface area (Å²) in [4.78, 5) is 14.8. The van der Waals surface area contributed by atoms with E-state index in [9.17, 15) is 4.79 Å². The summed E-state index contributed by atoms with van der Waals surface area (Å²) in [5.74, 6) is 0.918. The zero-order chi connectivity index (χ0) is 17.6. The van der Waals surface area contributed by atoms with Crippen LogP contribution >= 0.6 is 0 Å². The molecule has 4 nitrogen and oxygen atoms in total. The molecule has 1 N–H and O–H groups in total. The Bertz CT molecular complexity index is 565. The van der Waals surface area contributed by atoms with Gasteiger partial charge >= 0.3 is 0 Å². The molecule has 0 radical (unpaired) electrons. The largest absolute Gasteiger partial charge is 0.378 e. The first-order chi connectivity index (χ1) is 12.1. The fraction of sp³-hybridized carbons (Fsp3) is 0.667. The van der Waals surface area contributed by atoms with E-state index in [1.165, 1.54) is 37.8 Å². The molecule has 0 aromatic heterocycles. The normalized spacial score (nSPS) is 19.0. The lowest BCUT2D eigenvalue weighted by Crippen LogP contribution is -2.36. The van der Waals surface area contributed by atoms with Crippen molar-refractivity contribution < 1.29 is 9.53 Å². The van der Waals surface area contributed by atoms with E-state index < -0.39 is 0 Å². The van der Waals surface area contributed by atoms with Crippen LogP contribution in [0.4, 0.5) is 11.4 Å². The van der Waals surface area contributed by atoms with Crippen molar-refractivity contribution >= 4 is 17.3 Å². The van der Waals surface area contributed by atoms with E-state index in [2.05, 4.69) is 36.2 Å². The number of carbonyl (C=O) groups is 1. The van der Waals surface area contributed by atoms with Crippen molar-refractivity contribution in [2.75, 3.05) is 36.5 Å². The highest BCUT2D eigenvalue weighted by Gasteiger charge is 2.17. The van der Waals surface area contributed by atoms with Gasteiger partial charge in [-0.2, -0.15) is 0 Å². The van der Waals surface area contributed by atoms with Gasteiger partial charge in [0.1, 0.15) is 0 Å². The van der Waals surface area contributed by atoms with Crippen LogP contribution in [0, 0.1) is 19.8 Å². The average Bonchev–Trinajstić information content (AvgIpc) is 2.64. The summed E-state index contributed by atoms with van der Waals surface area (Å²) in [5.41, 5.74) is 4.52. The standard InChI is InChI=1S/C21H32N2O2/c1-16-14-19(23-10-12-25-13-11-23)15-17(2)21(16)22-20(24)9-8-18-6-4-3-5-7-18/h14-15,18H,3-13H2,1-2H3,(H,22,24). The third-order valence-electron chi connectivity index (χ3n) is 5.66. The van der Waals surface area contributed by atoms with E-state index in [4.69, 9.17) is 4.74 Å². The molecule has 0 unspecified atom stereocenters. The number of amides is 1. The molecule has 1 aromatic rings. The van der Waals surface area contributed by atoms with Gasteiger partial charge in [-0.3, -0.25) is 4.79 Å². The summed E-state index contributed by atoms with van der Waals surface area (Å²) < 4.78 is 5.44. The average molecular weight is 344 g/mol. The molecule has 0 spiro atoms. The molecule has 2 aliphatic rings. The van der Waals surface area contributed by atoms with Gasteiger partial charge in [-0.15, -0.1) is 0 Å². The topological polar surface area (TPSA) is 41.6 Å². The lowest BCUT2D eigenvalue weighted by Gasteiger charge is -2.30. The second-order valence-electron chi connectivity index (χ2n) is 7.64. The van der Waals surface area contributed by atoms with E-state index in [0.717, 1.165) is 55.5 Å². The van der Waals surface area contributed by atoms with Crippen molar-refractivity contribution in [3.05, 3.63) is 23.3 Å². The summed E-state index contributed by atoms with van der Waals surface area (Å²) in [6, 6.07) is 4.38. The molecule has 2 fully saturated rings. The highest BCUT2D eigenvalue weighted by Crippen LogP contribution is 2.29. The molecular weight excluding hydrogens is 312 g/mol. The summed E-state index contributed by atoms with van der Waals surface area (Å²) in [5, 5.41) is 3.17. The highest BCUT2D eigenvalue weighted by atomic mass is 16.5. The second kappa shape index (κ2) is 8.70. The van der Waals surface area contributed by atoms with E-state index in [1.807, 2.05) is 0 Å². The number of nitrogens with zero attached hydrogens (tertiary/aromatic N) is 1. The number of hydrogen-bond donors (Lipinski definition) is 1. The molecule has 138 valence electrons. The Morgan fingerprint density at radius 2 is 1.76 bits per heavy atom. The number of morpholine rings is 1. The number of anilines is 2.